The van der Waals surface area contributed by atoms with E-state index in [4.69, 9.17) is 0 Å². The van der Waals surface area contributed by atoms with E-state index in [1.54, 1.807) is 7.05 Å². The average Bonchev–Trinajstić information content (AvgIpc) is 3.40. The van der Waals surface area contributed by atoms with E-state index >= 15 is 0 Å². The summed E-state index contributed by atoms with van der Waals surface area (Å²) in [5, 5.41) is 3.03. The van der Waals surface area contributed by atoms with Gasteiger partial charge in [-0.15, -0.1) is 0 Å². The second-order valence-electron chi connectivity index (χ2n) is 7.02. The molecule has 1 amide bonds. The topological polar surface area (TPSA) is 54.4 Å². The SMILES string of the molecule is CN=C1NC(=O)[C@@]2(CCc3ccccc32)c2cc(C3CC3)ncc21. The molecular weight excluding hydrogens is 298 g/mol. The predicted octanol–water partition coefficient (Wildman–Crippen LogP) is 2.70. The highest BCUT2D eigenvalue weighted by Gasteiger charge is 2.51. The van der Waals surface area contributed by atoms with Crippen LogP contribution in [0.4, 0.5) is 0 Å². The van der Waals surface area contributed by atoms with Crippen LogP contribution in [0.25, 0.3) is 0 Å². The van der Waals surface area contributed by atoms with Crippen molar-refractivity contribution in [3.63, 3.8) is 0 Å². The summed E-state index contributed by atoms with van der Waals surface area (Å²) in [7, 11) is 1.72. The van der Waals surface area contributed by atoms with Crippen LogP contribution in [-0.2, 0) is 16.6 Å². The number of amidine groups is 1. The lowest BCUT2D eigenvalue weighted by Crippen LogP contribution is -2.52. The minimum absolute atomic E-state index is 0.0495. The summed E-state index contributed by atoms with van der Waals surface area (Å²) in [4.78, 5) is 22.1. The molecule has 1 aromatic heterocycles. The first kappa shape index (κ1) is 13.9. The molecule has 2 heterocycles. The number of fused-ring (bicyclic) bond motifs is 4. The molecular formula is C20H19N3O. The molecule has 1 fully saturated rings. The molecule has 1 aliphatic heterocycles. The first-order valence-electron chi connectivity index (χ1n) is 8.61. The lowest BCUT2D eigenvalue weighted by Gasteiger charge is -2.36. The van der Waals surface area contributed by atoms with Gasteiger partial charge in [0, 0.05) is 30.4 Å². The number of carbonyl (C=O) groups is 1. The van der Waals surface area contributed by atoms with Gasteiger partial charge in [-0.3, -0.25) is 14.8 Å². The van der Waals surface area contributed by atoms with Crippen LogP contribution in [0.2, 0.25) is 0 Å². The first-order valence-corrected chi connectivity index (χ1v) is 8.61. The number of aromatic nitrogens is 1. The Bertz CT molecular complexity index is 898. The molecule has 1 spiro atoms. The van der Waals surface area contributed by atoms with Gasteiger partial charge in [0.15, 0.2) is 0 Å². The molecule has 0 saturated heterocycles. The maximum Gasteiger partial charge on any atom is 0.240 e. The van der Waals surface area contributed by atoms with E-state index in [1.165, 1.54) is 18.4 Å². The Hall–Kier alpha value is -2.49. The van der Waals surface area contributed by atoms with E-state index < -0.39 is 5.41 Å². The van der Waals surface area contributed by atoms with Crippen LogP contribution in [0, 0.1) is 0 Å². The van der Waals surface area contributed by atoms with Gasteiger partial charge in [-0.2, -0.15) is 0 Å². The first-order chi connectivity index (χ1) is 11.7. The smallest absolute Gasteiger partial charge is 0.240 e. The Morgan fingerprint density at radius 1 is 1.25 bits per heavy atom. The van der Waals surface area contributed by atoms with Gasteiger partial charge in [-0.1, -0.05) is 24.3 Å². The number of hydrogen-bond donors (Lipinski definition) is 1. The van der Waals surface area contributed by atoms with Gasteiger partial charge in [0.05, 0.1) is 0 Å². The van der Waals surface area contributed by atoms with Crippen molar-refractivity contribution in [1.82, 2.24) is 10.3 Å². The Labute approximate surface area is 141 Å². The van der Waals surface area contributed by atoms with E-state index in [2.05, 4.69) is 39.6 Å². The zero-order chi connectivity index (χ0) is 16.3. The number of rotatable bonds is 1. The van der Waals surface area contributed by atoms with Gasteiger partial charge in [0.1, 0.15) is 11.3 Å². The van der Waals surface area contributed by atoms with Crippen molar-refractivity contribution in [3.8, 4) is 0 Å². The number of amides is 1. The number of nitrogens with zero attached hydrogens (tertiary/aromatic N) is 2. The third kappa shape index (κ3) is 1.71. The Balaban J connectivity index is 1.80. The molecule has 4 heteroatoms. The quantitative estimate of drug-likeness (QED) is 0.879. The van der Waals surface area contributed by atoms with Crippen molar-refractivity contribution in [3.05, 3.63) is 64.5 Å². The Morgan fingerprint density at radius 2 is 2.08 bits per heavy atom. The molecule has 1 saturated carbocycles. The second kappa shape index (κ2) is 4.76. The summed E-state index contributed by atoms with van der Waals surface area (Å²) in [6, 6.07) is 10.5. The zero-order valence-corrected chi connectivity index (χ0v) is 13.7. The molecule has 0 unspecified atom stereocenters. The number of pyridine rings is 1. The van der Waals surface area contributed by atoms with Crippen LogP contribution < -0.4 is 5.32 Å². The molecule has 0 radical (unpaired) electrons. The van der Waals surface area contributed by atoms with Gasteiger partial charge < -0.3 is 5.32 Å². The monoisotopic (exact) mass is 317 g/mol. The van der Waals surface area contributed by atoms with Crippen LogP contribution in [0.3, 0.4) is 0 Å². The van der Waals surface area contributed by atoms with Crippen LogP contribution in [0.5, 0.6) is 0 Å². The summed E-state index contributed by atoms with van der Waals surface area (Å²) in [5.74, 6) is 1.25. The number of nitrogens with one attached hydrogen (secondary N) is 1. The number of aryl methyl sites for hydroxylation is 1. The number of aliphatic imine (C=N–C) groups is 1. The maximum atomic E-state index is 13.2. The molecule has 2 aromatic rings. The van der Waals surface area contributed by atoms with Crippen molar-refractivity contribution >= 4 is 11.7 Å². The molecule has 1 atom stereocenters. The van der Waals surface area contributed by atoms with Crippen LogP contribution >= 0.6 is 0 Å². The van der Waals surface area contributed by atoms with Gasteiger partial charge in [0.2, 0.25) is 5.91 Å². The van der Waals surface area contributed by atoms with E-state index in [1.807, 2.05) is 12.3 Å². The molecule has 3 aliphatic rings. The van der Waals surface area contributed by atoms with Crippen LogP contribution in [-0.4, -0.2) is 23.8 Å². The fraction of sp³-hybridized carbons (Fsp3) is 0.350. The molecule has 5 rings (SSSR count). The van der Waals surface area contributed by atoms with Gasteiger partial charge >= 0.3 is 0 Å². The Kier molecular flexibility index (Phi) is 2.76. The molecule has 2 aliphatic carbocycles. The van der Waals surface area contributed by atoms with Crippen molar-refractivity contribution in [2.24, 2.45) is 4.99 Å². The fourth-order valence-corrected chi connectivity index (χ4v) is 4.32. The molecule has 120 valence electrons. The highest BCUT2D eigenvalue weighted by Crippen LogP contribution is 2.48. The summed E-state index contributed by atoms with van der Waals surface area (Å²) in [6.45, 7) is 0. The van der Waals surface area contributed by atoms with E-state index in [-0.39, 0.29) is 5.91 Å². The normalized spacial score (nSPS) is 26.4. The number of carbonyl (C=O) groups excluding carboxylic acids is 1. The highest BCUT2D eigenvalue weighted by molar-refractivity contribution is 6.17. The number of hydrogen-bond acceptors (Lipinski definition) is 3. The highest BCUT2D eigenvalue weighted by atomic mass is 16.2. The van der Waals surface area contributed by atoms with Crippen molar-refractivity contribution in [2.75, 3.05) is 7.05 Å². The Morgan fingerprint density at radius 3 is 2.88 bits per heavy atom. The summed E-state index contributed by atoms with van der Waals surface area (Å²) >= 11 is 0. The third-order valence-corrected chi connectivity index (χ3v) is 5.73. The van der Waals surface area contributed by atoms with E-state index in [9.17, 15) is 4.79 Å². The summed E-state index contributed by atoms with van der Waals surface area (Å²) < 4.78 is 0. The molecule has 0 bridgehead atoms. The third-order valence-electron chi connectivity index (χ3n) is 5.73. The largest absolute Gasteiger partial charge is 0.309 e. The summed E-state index contributed by atoms with van der Waals surface area (Å²) in [6.07, 6.45) is 6.07. The van der Waals surface area contributed by atoms with Crippen LogP contribution in [0.1, 0.15) is 53.1 Å². The molecule has 1 aromatic carbocycles. The lowest BCUT2D eigenvalue weighted by atomic mass is 9.71. The average molecular weight is 317 g/mol. The van der Waals surface area contributed by atoms with Crippen LogP contribution in [0.15, 0.2) is 41.5 Å². The van der Waals surface area contributed by atoms with Crippen molar-refractivity contribution < 1.29 is 4.79 Å². The van der Waals surface area contributed by atoms with E-state index in [0.29, 0.717) is 11.8 Å². The van der Waals surface area contributed by atoms with Gasteiger partial charge in [0.25, 0.3) is 0 Å². The van der Waals surface area contributed by atoms with Gasteiger partial charge in [-0.05, 0) is 48.4 Å². The molecule has 4 nitrogen and oxygen atoms in total. The van der Waals surface area contributed by atoms with E-state index in [0.717, 1.165) is 35.2 Å². The molecule has 1 N–H and O–H groups in total. The zero-order valence-electron chi connectivity index (χ0n) is 13.7. The minimum atomic E-state index is -0.591. The fourth-order valence-electron chi connectivity index (χ4n) is 4.32. The van der Waals surface area contributed by atoms with Crippen molar-refractivity contribution in [1.29, 1.82) is 0 Å². The van der Waals surface area contributed by atoms with Crippen molar-refractivity contribution in [2.45, 2.75) is 37.0 Å². The summed E-state index contributed by atoms with van der Waals surface area (Å²) in [5.41, 5.74) is 5.02. The lowest BCUT2D eigenvalue weighted by molar-refractivity contribution is -0.124. The minimum Gasteiger partial charge on any atom is -0.309 e. The number of benzene rings is 1. The maximum absolute atomic E-state index is 13.2. The second-order valence-corrected chi connectivity index (χ2v) is 7.02. The standard InChI is InChI=1S/C20H19N3O/c1-21-18-14-11-22-17(13-6-7-13)10-16(14)20(19(24)23-18)9-8-12-4-2-3-5-15(12)20/h2-5,10-11,13H,6-9H2,1H3,(H,21,23,24)/t20-/m1/s1. The molecule has 24 heavy (non-hydrogen) atoms. The predicted molar refractivity (Wildman–Crippen MR) is 92.4 cm³/mol. The van der Waals surface area contributed by atoms with Gasteiger partial charge in [-0.25, -0.2) is 0 Å².